The predicted octanol–water partition coefficient (Wildman–Crippen LogP) is 2.91. The van der Waals surface area contributed by atoms with Crippen molar-refractivity contribution < 1.29 is 21.6 Å². The molecule has 0 atom stereocenters. The van der Waals surface area contributed by atoms with Gasteiger partial charge >= 0.3 is 0 Å². The zero-order chi connectivity index (χ0) is 15.9. The van der Waals surface area contributed by atoms with Crippen LogP contribution in [-0.4, -0.2) is 17.2 Å². The molecule has 0 aliphatic heterocycles. The molecule has 0 bridgehead atoms. The molecule has 0 radical (unpaired) electrons. The summed E-state index contributed by atoms with van der Waals surface area (Å²) in [6.45, 7) is 0. The van der Waals surface area contributed by atoms with Crippen LogP contribution >= 0.6 is 11.7 Å². The Bertz CT molecular complexity index is 950. The molecular formula is C12H6F3N3O2S2. The van der Waals surface area contributed by atoms with Crippen molar-refractivity contribution in [1.82, 2.24) is 8.75 Å². The minimum Gasteiger partial charge on any atom is -0.279 e. The number of anilines is 1. The molecule has 5 nitrogen and oxygen atoms in total. The Balaban J connectivity index is 2.06. The molecule has 0 fully saturated rings. The summed E-state index contributed by atoms with van der Waals surface area (Å²) in [5.41, 5.74) is 0.0870. The number of aromatic nitrogens is 2. The molecule has 1 N–H and O–H groups in total. The highest BCUT2D eigenvalue weighted by Crippen LogP contribution is 2.25. The van der Waals surface area contributed by atoms with Gasteiger partial charge in [-0.2, -0.15) is 8.75 Å². The van der Waals surface area contributed by atoms with Gasteiger partial charge in [-0.05, 0) is 12.1 Å². The highest BCUT2D eigenvalue weighted by atomic mass is 32.2. The number of benzene rings is 2. The molecule has 10 heteroatoms. The Labute approximate surface area is 126 Å². The fourth-order valence-corrected chi connectivity index (χ4v) is 3.63. The summed E-state index contributed by atoms with van der Waals surface area (Å²) in [5, 5.41) is 0. The minimum absolute atomic E-state index is 0.142. The van der Waals surface area contributed by atoms with Crippen LogP contribution in [0, 0.1) is 17.5 Å². The van der Waals surface area contributed by atoms with Gasteiger partial charge in [-0.25, -0.2) is 21.6 Å². The Morgan fingerprint density at radius 2 is 1.73 bits per heavy atom. The number of rotatable bonds is 3. The van der Waals surface area contributed by atoms with Gasteiger partial charge in [0.2, 0.25) is 0 Å². The van der Waals surface area contributed by atoms with E-state index in [1.807, 2.05) is 4.72 Å². The van der Waals surface area contributed by atoms with E-state index >= 15 is 0 Å². The lowest BCUT2D eigenvalue weighted by Crippen LogP contribution is -2.14. The minimum atomic E-state index is -4.16. The maximum absolute atomic E-state index is 13.2. The second kappa shape index (κ2) is 5.21. The molecule has 0 unspecified atom stereocenters. The van der Waals surface area contributed by atoms with E-state index in [4.69, 9.17) is 0 Å². The number of sulfonamides is 1. The first kappa shape index (κ1) is 14.7. The zero-order valence-corrected chi connectivity index (χ0v) is 12.2. The molecule has 114 valence electrons. The molecule has 0 aliphatic carbocycles. The molecule has 1 heterocycles. The van der Waals surface area contributed by atoms with Gasteiger partial charge in [0.1, 0.15) is 15.9 Å². The summed E-state index contributed by atoms with van der Waals surface area (Å²) in [6, 6.07) is 5.42. The first-order valence-electron chi connectivity index (χ1n) is 5.77. The van der Waals surface area contributed by atoms with E-state index in [0.29, 0.717) is 17.6 Å². The highest BCUT2D eigenvalue weighted by Gasteiger charge is 2.21. The average Bonchev–Trinajstić information content (AvgIpc) is 2.92. The van der Waals surface area contributed by atoms with E-state index < -0.39 is 33.2 Å². The SMILES string of the molecule is O=S(=O)(Nc1cc(F)c(F)c(F)c1)c1cccc2nsnc12. The zero-order valence-electron chi connectivity index (χ0n) is 10.5. The van der Waals surface area contributed by atoms with E-state index in [1.54, 1.807) is 6.07 Å². The number of hydrogen-bond donors (Lipinski definition) is 1. The maximum atomic E-state index is 13.2. The van der Waals surface area contributed by atoms with Gasteiger partial charge in [0.25, 0.3) is 10.0 Å². The standard InChI is InChI=1S/C12H6F3N3O2S2/c13-7-4-6(5-8(14)11(7)15)18-22(19,20)10-3-1-2-9-12(10)17-21-16-9/h1-5,18H. The molecular weight excluding hydrogens is 339 g/mol. The topological polar surface area (TPSA) is 72.0 Å². The first-order chi connectivity index (χ1) is 10.4. The van der Waals surface area contributed by atoms with Crippen molar-refractivity contribution in [3.63, 3.8) is 0 Å². The molecule has 0 amide bonds. The predicted molar refractivity (Wildman–Crippen MR) is 74.5 cm³/mol. The number of nitrogens with zero attached hydrogens (tertiary/aromatic N) is 2. The lowest BCUT2D eigenvalue weighted by molar-refractivity contribution is 0.448. The largest absolute Gasteiger partial charge is 0.279 e. The lowest BCUT2D eigenvalue weighted by Gasteiger charge is -2.09. The smallest absolute Gasteiger partial charge is 0.264 e. The first-order valence-corrected chi connectivity index (χ1v) is 7.98. The van der Waals surface area contributed by atoms with E-state index in [9.17, 15) is 21.6 Å². The van der Waals surface area contributed by atoms with Crippen LogP contribution in [0.2, 0.25) is 0 Å². The normalized spacial score (nSPS) is 11.8. The monoisotopic (exact) mass is 345 g/mol. The quantitative estimate of drug-likeness (QED) is 0.741. The van der Waals surface area contributed by atoms with Crippen molar-refractivity contribution >= 4 is 38.5 Å². The third kappa shape index (κ3) is 2.50. The van der Waals surface area contributed by atoms with Crippen LogP contribution in [0.3, 0.4) is 0 Å². The summed E-state index contributed by atoms with van der Waals surface area (Å²) in [6.07, 6.45) is 0. The van der Waals surface area contributed by atoms with Crippen molar-refractivity contribution in [3.05, 3.63) is 47.8 Å². The third-order valence-electron chi connectivity index (χ3n) is 2.77. The molecule has 2 aromatic carbocycles. The van der Waals surface area contributed by atoms with Crippen molar-refractivity contribution in [2.24, 2.45) is 0 Å². The molecule has 22 heavy (non-hydrogen) atoms. The average molecular weight is 345 g/mol. The highest BCUT2D eigenvalue weighted by molar-refractivity contribution is 7.93. The van der Waals surface area contributed by atoms with Crippen molar-refractivity contribution in [2.75, 3.05) is 4.72 Å². The van der Waals surface area contributed by atoms with Crippen molar-refractivity contribution in [3.8, 4) is 0 Å². The summed E-state index contributed by atoms with van der Waals surface area (Å²) >= 11 is 0.834. The van der Waals surface area contributed by atoms with Crippen molar-refractivity contribution in [1.29, 1.82) is 0 Å². The Morgan fingerprint density at radius 1 is 1.05 bits per heavy atom. The van der Waals surface area contributed by atoms with Crippen LogP contribution in [-0.2, 0) is 10.0 Å². The van der Waals surface area contributed by atoms with Crippen LogP contribution in [0.15, 0.2) is 35.2 Å². The fraction of sp³-hybridized carbons (Fsp3) is 0. The summed E-state index contributed by atoms with van der Waals surface area (Å²) in [4.78, 5) is -0.191. The van der Waals surface area contributed by atoms with E-state index in [-0.39, 0.29) is 10.4 Å². The summed E-state index contributed by atoms with van der Waals surface area (Å²) < 4.78 is 73.6. The Hall–Kier alpha value is -2.20. The molecule has 3 rings (SSSR count). The van der Waals surface area contributed by atoms with E-state index in [2.05, 4.69) is 8.75 Å². The second-order valence-electron chi connectivity index (χ2n) is 4.25. The maximum Gasteiger partial charge on any atom is 0.264 e. The van der Waals surface area contributed by atoms with Gasteiger partial charge < -0.3 is 0 Å². The number of hydrogen-bond acceptors (Lipinski definition) is 5. The Kier molecular flexibility index (Phi) is 3.49. The summed E-state index contributed by atoms with van der Waals surface area (Å²) in [7, 11) is -4.16. The van der Waals surface area contributed by atoms with Crippen LogP contribution in [0.5, 0.6) is 0 Å². The molecule has 0 saturated carbocycles. The van der Waals surface area contributed by atoms with Gasteiger partial charge in [-0.3, -0.25) is 4.72 Å². The molecule has 0 spiro atoms. The van der Waals surface area contributed by atoms with Crippen LogP contribution in [0.1, 0.15) is 0 Å². The van der Waals surface area contributed by atoms with E-state index in [0.717, 1.165) is 11.7 Å². The van der Waals surface area contributed by atoms with Crippen LogP contribution < -0.4 is 4.72 Å². The number of halogens is 3. The van der Waals surface area contributed by atoms with Gasteiger partial charge in [-0.1, -0.05) is 6.07 Å². The lowest BCUT2D eigenvalue weighted by atomic mass is 10.3. The Morgan fingerprint density at radius 3 is 2.41 bits per heavy atom. The van der Waals surface area contributed by atoms with Crippen LogP contribution in [0.25, 0.3) is 11.0 Å². The number of fused-ring (bicyclic) bond motifs is 1. The molecule has 0 saturated heterocycles. The van der Waals surface area contributed by atoms with Gasteiger partial charge in [-0.15, -0.1) is 0 Å². The van der Waals surface area contributed by atoms with Gasteiger partial charge in [0.05, 0.1) is 17.4 Å². The van der Waals surface area contributed by atoms with Gasteiger partial charge in [0, 0.05) is 12.1 Å². The molecule has 1 aromatic heterocycles. The van der Waals surface area contributed by atoms with Crippen molar-refractivity contribution in [2.45, 2.75) is 4.90 Å². The van der Waals surface area contributed by atoms with E-state index in [1.165, 1.54) is 12.1 Å². The summed E-state index contributed by atoms with van der Waals surface area (Å²) in [5.74, 6) is -4.66. The van der Waals surface area contributed by atoms with Gasteiger partial charge in [0.15, 0.2) is 17.5 Å². The van der Waals surface area contributed by atoms with Crippen LogP contribution in [0.4, 0.5) is 18.9 Å². The molecule has 0 aliphatic rings. The fourth-order valence-electron chi connectivity index (χ4n) is 1.82. The third-order valence-corrected chi connectivity index (χ3v) is 4.73. The number of nitrogens with one attached hydrogen (secondary N) is 1. The second-order valence-corrected chi connectivity index (χ2v) is 6.43. The molecule has 3 aromatic rings.